The molecule has 1 fully saturated rings. The molecule has 1 heterocycles. The number of hydrogen-bond acceptors (Lipinski definition) is 5. The molecule has 9 heteroatoms. The number of rotatable bonds is 3. The summed E-state index contributed by atoms with van der Waals surface area (Å²) in [5.74, 6) is -3.11. The Morgan fingerprint density at radius 2 is 2.00 bits per heavy atom. The summed E-state index contributed by atoms with van der Waals surface area (Å²) in [4.78, 5) is 27.2. The zero-order valence-corrected chi connectivity index (χ0v) is 14.7. The molecule has 144 valence electrons. The predicted octanol–water partition coefficient (Wildman–Crippen LogP) is 2.81. The van der Waals surface area contributed by atoms with E-state index in [-0.39, 0.29) is 22.9 Å². The van der Waals surface area contributed by atoms with E-state index in [1.54, 1.807) is 20.1 Å². The van der Waals surface area contributed by atoms with Crippen LogP contribution in [0.15, 0.2) is 18.2 Å². The first kappa shape index (κ1) is 20.2. The highest BCUT2D eigenvalue weighted by Gasteiger charge is 2.45. The number of nitrogens with zero attached hydrogens (tertiary/aromatic N) is 1. The van der Waals surface area contributed by atoms with Gasteiger partial charge in [0.25, 0.3) is 0 Å². The Hall–Kier alpha value is -2.13. The van der Waals surface area contributed by atoms with Gasteiger partial charge in [-0.3, -0.25) is 10.1 Å². The number of nitrogens with one attached hydrogen (secondary N) is 1. The molecule has 2 unspecified atom stereocenters. The van der Waals surface area contributed by atoms with Crippen LogP contribution in [-0.4, -0.2) is 37.9 Å². The minimum atomic E-state index is -5.16. The highest BCUT2D eigenvalue weighted by molar-refractivity contribution is 5.97. The molecule has 0 bridgehead atoms. The molecule has 0 aromatic heterocycles. The van der Waals surface area contributed by atoms with Gasteiger partial charge < -0.3 is 9.57 Å². The van der Waals surface area contributed by atoms with Crippen LogP contribution in [0.3, 0.4) is 0 Å². The van der Waals surface area contributed by atoms with Gasteiger partial charge in [-0.1, -0.05) is 6.07 Å². The monoisotopic (exact) mass is 374 g/mol. The summed E-state index contributed by atoms with van der Waals surface area (Å²) in [6, 6.07) is 4.41. The van der Waals surface area contributed by atoms with Crippen molar-refractivity contribution in [1.82, 2.24) is 5.32 Å². The van der Waals surface area contributed by atoms with E-state index in [0.29, 0.717) is 5.56 Å². The molecular formula is C17H21F3N2O4. The summed E-state index contributed by atoms with van der Waals surface area (Å²) in [6.07, 6.45) is -3.67. The van der Waals surface area contributed by atoms with Crippen molar-refractivity contribution in [2.45, 2.75) is 45.0 Å². The van der Waals surface area contributed by atoms with Crippen molar-refractivity contribution in [3.8, 4) is 0 Å². The van der Waals surface area contributed by atoms with Crippen LogP contribution in [0.4, 0.5) is 18.9 Å². The molecule has 0 saturated carbocycles. The topological polar surface area (TPSA) is 67.9 Å². The third kappa shape index (κ3) is 4.73. The Morgan fingerprint density at radius 1 is 1.31 bits per heavy atom. The zero-order chi connectivity index (χ0) is 19.5. The van der Waals surface area contributed by atoms with Gasteiger partial charge in [-0.05, 0) is 55.5 Å². The van der Waals surface area contributed by atoms with E-state index in [1.165, 1.54) is 12.1 Å². The van der Waals surface area contributed by atoms with Crippen LogP contribution in [0.5, 0.6) is 0 Å². The Bertz CT molecular complexity index is 678. The first-order chi connectivity index (χ1) is 12.1. The van der Waals surface area contributed by atoms with Crippen LogP contribution in [0.2, 0.25) is 0 Å². The third-order valence-electron chi connectivity index (χ3n) is 4.22. The lowest BCUT2D eigenvalue weighted by Gasteiger charge is -2.31. The van der Waals surface area contributed by atoms with Gasteiger partial charge in [0.1, 0.15) is 6.23 Å². The Balaban J connectivity index is 2.30. The second-order valence-corrected chi connectivity index (χ2v) is 6.12. The first-order valence-corrected chi connectivity index (χ1v) is 8.10. The SMILES string of the molecule is COC1CC(c2ccc(N(OC(C)=O)C(=O)C(F)(F)F)cc2C)CCN1. The fourth-order valence-electron chi connectivity index (χ4n) is 3.04. The maximum atomic E-state index is 12.8. The third-order valence-corrected chi connectivity index (χ3v) is 4.22. The lowest BCUT2D eigenvalue weighted by Crippen LogP contribution is -2.42. The molecule has 1 aromatic rings. The summed E-state index contributed by atoms with van der Waals surface area (Å²) in [6.45, 7) is 3.43. The summed E-state index contributed by atoms with van der Waals surface area (Å²) < 4.78 is 43.7. The van der Waals surface area contributed by atoms with E-state index >= 15 is 0 Å². The summed E-state index contributed by atoms with van der Waals surface area (Å²) in [5.41, 5.74) is 1.51. The molecule has 0 aliphatic carbocycles. The summed E-state index contributed by atoms with van der Waals surface area (Å²) in [5, 5.41) is 3.20. The van der Waals surface area contributed by atoms with Crippen molar-refractivity contribution in [2.24, 2.45) is 0 Å². The van der Waals surface area contributed by atoms with Crippen molar-refractivity contribution in [1.29, 1.82) is 0 Å². The van der Waals surface area contributed by atoms with E-state index in [0.717, 1.165) is 31.9 Å². The van der Waals surface area contributed by atoms with Crippen molar-refractivity contribution in [2.75, 3.05) is 18.7 Å². The maximum Gasteiger partial charge on any atom is 0.474 e. The molecular weight excluding hydrogens is 353 g/mol. The lowest BCUT2D eigenvalue weighted by atomic mass is 9.86. The average molecular weight is 374 g/mol. The number of carbonyl (C=O) groups excluding carboxylic acids is 2. The summed E-state index contributed by atoms with van der Waals surface area (Å²) >= 11 is 0. The van der Waals surface area contributed by atoms with Gasteiger partial charge in [0.15, 0.2) is 0 Å². The van der Waals surface area contributed by atoms with E-state index in [2.05, 4.69) is 10.2 Å². The normalized spacial score (nSPS) is 20.5. The van der Waals surface area contributed by atoms with Crippen LogP contribution in [0.25, 0.3) is 0 Å². The second-order valence-electron chi connectivity index (χ2n) is 6.12. The first-order valence-electron chi connectivity index (χ1n) is 8.10. The number of amides is 1. The number of aryl methyl sites for hydroxylation is 1. The summed E-state index contributed by atoms with van der Waals surface area (Å²) in [7, 11) is 1.61. The van der Waals surface area contributed by atoms with Gasteiger partial charge in [-0.15, -0.1) is 5.06 Å². The van der Waals surface area contributed by atoms with Crippen LogP contribution < -0.4 is 10.4 Å². The largest absolute Gasteiger partial charge is 0.474 e. The number of benzene rings is 1. The van der Waals surface area contributed by atoms with E-state index < -0.39 is 18.1 Å². The highest BCUT2D eigenvalue weighted by atomic mass is 19.4. The number of ether oxygens (including phenoxy) is 1. The molecule has 26 heavy (non-hydrogen) atoms. The van der Waals surface area contributed by atoms with Gasteiger partial charge >= 0.3 is 18.1 Å². The van der Waals surface area contributed by atoms with Crippen molar-refractivity contribution < 1.29 is 32.3 Å². The number of hydroxylamine groups is 1. The van der Waals surface area contributed by atoms with Gasteiger partial charge in [0.05, 0.1) is 5.69 Å². The van der Waals surface area contributed by atoms with Crippen molar-refractivity contribution in [3.05, 3.63) is 29.3 Å². The minimum Gasteiger partial charge on any atom is -0.367 e. The number of anilines is 1. The van der Waals surface area contributed by atoms with E-state index in [4.69, 9.17) is 4.74 Å². The molecule has 1 amide bonds. The van der Waals surface area contributed by atoms with Crippen LogP contribution in [0, 0.1) is 6.92 Å². The van der Waals surface area contributed by atoms with Gasteiger partial charge in [0.2, 0.25) is 0 Å². The number of hydrogen-bond donors (Lipinski definition) is 1. The number of methoxy groups -OCH3 is 1. The predicted molar refractivity (Wildman–Crippen MR) is 87.3 cm³/mol. The molecule has 2 atom stereocenters. The Kier molecular flexibility index (Phi) is 6.25. The molecule has 1 aromatic carbocycles. The quantitative estimate of drug-likeness (QED) is 0.824. The van der Waals surface area contributed by atoms with Crippen LogP contribution in [0.1, 0.15) is 36.8 Å². The van der Waals surface area contributed by atoms with Gasteiger partial charge in [0, 0.05) is 14.0 Å². The Labute approximate surface area is 149 Å². The van der Waals surface area contributed by atoms with E-state index in [1.807, 2.05) is 0 Å². The molecule has 6 nitrogen and oxygen atoms in total. The number of piperidine rings is 1. The van der Waals surface area contributed by atoms with Crippen LogP contribution >= 0.6 is 0 Å². The number of halogens is 3. The van der Waals surface area contributed by atoms with Crippen molar-refractivity contribution in [3.63, 3.8) is 0 Å². The average Bonchev–Trinajstić information content (AvgIpc) is 2.58. The van der Waals surface area contributed by atoms with Gasteiger partial charge in [-0.25, -0.2) is 4.79 Å². The standard InChI is InChI=1S/C17H21F3N2O4/c1-10-8-13(22(26-11(2)23)16(24)17(18,19)20)4-5-14(10)12-6-7-21-15(9-12)25-3/h4-5,8,12,15,21H,6-7,9H2,1-3H3. The molecule has 1 aliphatic rings. The molecule has 0 spiro atoms. The zero-order valence-electron chi connectivity index (χ0n) is 14.7. The van der Waals surface area contributed by atoms with Gasteiger partial charge in [-0.2, -0.15) is 13.2 Å². The lowest BCUT2D eigenvalue weighted by molar-refractivity contribution is -0.180. The minimum absolute atomic E-state index is 0.0144. The van der Waals surface area contributed by atoms with Crippen LogP contribution in [-0.2, 0) is 19.2 Å². The number of alkyl halides is 3. The highest BCUT2D eigenvalue weighted by Crippen LogP contribution is 2.33. The number of carbonyl (C=O) groups is 2. The fraction of sp³-hybridized carbons (Fsp3) is 0.529. The van der Waals surface area contributed by atoms with E-state index in [9.17, 15) is 22.8 Å². The molecule has 1 N–H and O–H groups in total. The molecule has 1 aliphatic heterocycles. The second kappa shape index (κ2) is 8.05. The molecule has 0 radical (unpaired) electrons. The molecule has 1 saturated heterocycles. The fourth-order valence-corrected chi connectivity index (χ4v) is 3.04. The van der Waals surface area contributed by atoms with Crippen molar-refractivity contribution >= 4 is 17.6 Å². The Morgan fingerprint density at radius 3 is 2.54 bits per heavy atom. The molecule has 2 rings (SSSR count). The maximum absolute atomic E-state index is 12.8. The smallest absolute Gasteiger partial charge is 0.367 e.